The Kier molecular flexibility index (Phi) is 7.44. The van der Waals surface area contributed by atoms with E-state index in [1.54, 1.807) is 6.07 Å². The molecule has 1 aliphatic rings. The Morgan fingerprint density at radius 2 is 1.82 bits per heavy atom. The van der Waals surface area contributed by atoms with Crippen LogP contribution in [0.1, 0.15) is 73.4 Å². The predicted molar refractivity (Wildman–Crippen MR) is 139 cm³/mol. The smallest absolute Gasteiger partial charge is 0.193 e. The molecule has 0 bridgehead atoms. The average Bonchev–Trinajstić information content (AvgIpc) is 3.03. The van der Waals surface area contributed by atoms with Crippen molar-refractivity contribution in [1.29, 1.82) is 0 Å². The lowest BCUT2D eigenvalue weighted by Gasteiger charge is -2.13. The molecule has 0 aromatic heterocycles. The van der Waals surface area contributed by atoms with Crippen molar-refractivity contribution < 1.29 is 9.90 Å². The molecule has 0 fully saturated rings. The zero-order valence-corrected chi connectivity index (χ0v) is 19.8. The third-order valence-corrected chi connectivity index (χ3v) is 6.69. The third kappa shape index (κ3) is 5.63. The number of carbonyl (C=O) groups is 1. The van der Waals surface area contributed by atoms with Crippen LogP contribution in [0.2, 0.25) is 0 Å². The third-order valence-electron chi connectivity index (χ3n) is 6.69. The number of Topliss-reactive ketones (excluding diaryl/α,β-unsaturated/α-hetero) is 1. The number of aryl methyl sites for hydroxylation is 1. The maximum Gasteiger partial charge on any atom is 0.193 e. The lowest BCUT2D eigenvalue weighted by Crippen LogP contribution is -2.05. The van der Waals surface area contributed by atoms with Gasteiger partial charge in [-0.15, -0.1) is 0 Å². The van der Waals surface area contributed by atoms with Crippen LogP contribution in [0.25, 0.3) is 16.3 Å². The fourth-order valence-electron chi connectivity index (χ4n) is 4.94. The van der Waals surface area contributed by atoms with Crippen LogP contribution in [0.3, 0.4) is 0 Å². The van der Waals surface area contributed by atoms with Crippen LogP contribution in [-0.4, -0.2) is 10.9 Å². The van der Waals surface area contributed by atoms with E-state index in [9.17, 15) is 9.90 Å². The molecule has 0 radical (unpaired) electrons. The number of fused-ring (bicyclic) bond motifs is 1. The molecular weight excluding hydrogens is 404 g/mol. The molecule has 170 valence electrons. The van der Waals surface area contributed by atoms with Crippen molar-refractivity contribution >= 4 is 22.1 Å². The van der Waals surface area contributed by atoms with Crippen molar-refractivity contribution in [1.82, 2.24) is 0 Å². The highest BCUT2D eigenvalue weighted by Gasteiger charge is 2.20. The molecule has 1 aliphatic carbocycles. The number of ketones is 1. The number of allylic oxidation sites excluding steroid dienone is 4. The summed E-state index contributed by atoms with van der Waals surface area (Å²) in [6.45, 7) is 4.23. The Morgan fingerprint density at radius 3 is 2.64 bits per heavy atom. The maximum atomic E-state index is 13.8. The molecule has 0 amide bonds. The minimum absolute atomic E-state index is 0.0848. The number of unbranched alkanes of at least 4 members (excludes halogenated alkanes) is 3. The van der Waals surface area contributed by atoms with Crippen LogP contribution >= 0.6 is 0 Å². The molecule has 0 heterocycles. The number of hydrogen-bond donors (Lipinski definition) is 1. The minimum Gasteiger partial charge on any atom is -0.508 e. The lowest BCUT2D eigenvalue weighted by atomic mass is 9.92. The van der Waals surface area contributed by atoms with Crippen molar-refractivity contribution in [3.05, 3.63) is 95.1 Å². The summed E-state index contributed by atoms with van der Waals surface area (Å²) in [4.78, 5) is 13.8. The van der Waals surface area contributed by atoms with Gasteiger partial charge in [-0.05, 0) is 77.8 Å². The van der Waals surface area contributed by atoms with Gasteiger partial charge in [0.1, 0.15) is 5.75 Å². The van der Waals surface area contributed by atoms with Crippen molar-refractivity contribution in [2.24, 2.45) is 5.92 Å². The molecule has 4 rings (SSSR count). The summed E-state index contributed by atoms with van der Waals surface area (Å²) >= 11 is 0. The number of hydrogen-bond acceptors (Lipinski definition) is 2. The summed E-state index contributed by atoms with van der Waals surface area (Å²) in [6.07, 6.45) is 12.3. The van der Waals surface area contributed by atoms with Gasteiger partial charge in [0.2, 0.25) is 0 Å². The second-order valence-electron chi connectivity index (χ2n) is 9.35. The van der Waals surface area contributed by atoms with Gasteiger partial charge in [0.15, 0.2) is 5.78 Å². The van der Waals surface area contributed by atoms with Gasteiger partial charge < -0.3 is 5.11 Å². The number of rotatable bonds is 8. The van der Waals surface area contributed by atoms with Gasteiger partial charge >= 0.3 is 0 Å². The van der Waals surface area contributed by atoms with Crippen LogP contribution in [-0.2, 0) is 0 Å². The Balaban J connectivity index is 1.72. The standard InChI is InChI=1S/C31H34O2/c1-3-4-5-6-10-23-15-16-25(26-17-22(2)18-28(32)21-26)20-27(19-23)31(33)30-14-9-12-24-11-7-8-13-29(24)30/h7-9,11-14,17-21,23,32H,3-6,10,15-16H2,1-2H3. The van der Waals surface area contributed by atoms with Crippen LogP contribution in [0.4, 0.5) is 0 Å². The predicted octanol–water partition coefficient (Wildman–Crippen LogP) is 8.43. The number of aromatic hydroxyl groups is 1. The van der Waals surface area contributed by atoms with E-state index in [0.717, 1.165) is 57.9 Å². The quantitative estimate of drug-likeness (QED) is 0.283. The molecule has 33 heavy (non-hydrogen) atoms. The van der Waals surface area contributed by atoms with E-state index in [1.807, 2.05) is 43.3 Å². The minimum atomic E-state index is 0.0848. The number of phenolic OH excluding ortho intramolecular Hbond substituents is 1. The highest BCUT2D eigenvalue weighted by atomic mass is 16.3. The van der Waals surface area contributed by atoms with E-state index in [4.69, 9.17) is 0 Å². The Morgan fingerprint density at radius 1 is 1.00 bits per heavy atom. The fraction of sp³-hybridized carbons (Fsp3) is 0.323. The topological polar surface area (TPSA) is 37.3 Å². The van der Waals surface area contributed by atoms with Crippen LogP contribution in [0, 0.1) is 12.8 Å². The molecule has 3 aromatic rings. The van der Waals surface area contributed by atoms with Crippen molar-refractivity contribution in [2.45, 2.75) is 58.8 Å². The van der Waals surface area contributed by atoms with E-state index >= 15 is 0 Å². The molecular formula is C31H34O2. The number of carbonyl (C=O) groups excluding carboxylic acids is 1. The van der Waals surface area contributed by atoms with Crippen LogP contribution in [0.5, 0.6) is 5.75 Å². The van der Waals surface area contributed by atoms with Crippen molar-refractivity contribution in [3.8, 4) is 5.75 Å². The normalized spacial score (nSPS) is 16.2. The van der Waals surface area contributed by atoms with Gasteiger partial charge in [0.05, 0.1) is 0 Å². The second-order valence-corrected chi connectivity index (χ2v) is 9.35. The molecule has 1 N–H and O–H groups in total. The first-order chi connectivity index (χ1) is 16.0. The monoisotopic (exact) mass is 438 g/mol. The summed E-state index contributed by atoms with van der Waals surface area (Å²) in [5.41, 5.74) is 4.70. The van der Waals surface area contributed by atoms with Crippen LogP contribution in [0.15, 0.2) is 78.4 Å². The SMILES string of the molecule is CCCCCCC1C=C(C(=O)c2cccc3ccccc23)C=C(c2cc(C)cc(O)c2)CC1. The van der Waals surface area contributed by atoms with Gasteiger partial charge in [-0.25, -0.2) is 0 Å². The van der Waals surface area contributed by atoms with E-state index in [2.05, 4.69) is 37.3 Å². The molecule has 2 nitrogen and oxygen atoms in total. The van der Waals surface area contributed by atoms with Gasteiger partial charge in [-0.2, -0.15) is 0 Å². The summed E-state index contributed by atoms with van der Waals surface area (Å²) in [5.74, 6) is 0.752. The summed E-state index contributed by atoms with van der Waals surface area (Å²) in [6, 6.07) is 19.8. The zero-order valence-electron chi connectivity index (χ0n) is 19.8. The second kappa shape index (κ2) is 10.7. The van der Waals surface area contributed by atoms with Gasteiger partial charge in [-0.1, -0.05) is 87.2 Å². The average molecular weight is 439 g/mol. The maximum absolute atomic E-state index is 13.8. The van der Waals surface area contributed by atoms with Crippen molar-refractivity contribution in [2.75, 3.05) is 0 Å². The first-order valence-electron chi connectivity index (χ1n) is 12.3. The lowest BCUT2D eigenvalue weighted by molar-refractivity contribution is 0.103. The highest BCUT2D eigenvalue weighted by Crippen LogP contribution is 2.34. The summed E-state index contributed by atoms with van der Waals surface area (Å²) in [5, 5.41) is 12.3. The molecule has 1 atom stereocenters. The van der Waals surface area contributed by atoms with Gasteiger partial charge in [0, 0.05) is 11.1 Å². The molecule has 0 spiro atoms. The zero-order chi connectivity index (χ0) is 23.2. The molecule has 0 aliphatic heterocycles. The molecule has 3 aromatic carbocycles. The molecule has 1 unspecified atom stereocenters. The van der Waals surface area contributed by atoms with E-state index in [1.165, 1.54) is 25.7 Å². The van der Waals surface area contributed by atoms with Gasteiger partial charge in [-0.3, -0.25) is 4.79 Å². The molecule has 0 saturated carbocycles. The van der Waals surface area contributed by atoms with E-state index in [0.29, 0.717) is 5.92 Å². The van der Waals surface area contributed by atoms with Gasteiger partial charge in [0.25, 0.3) is 0 Å². The van der Waals surface area contributed by atoms with Crippen LogP contribution < -0.4 is 0 Å². The summed E-state index contributed by atoms with van der Waals surface area (Å²) in [7, 11) is 0. The molecule has 0 saturated heterocycles. The van der Waals surface area contributed by atoms with Crippen molar-refractivity contribution in [3.63, 3.8) is 0 Å². The first-order valence-corrected chi connectivity index (χ1v) is 12.3. The van der Waals surface area contributed by atoms with E-state index in [-0.39, 0.29) is 11.5 Å². The molecule has 2 heteroatoms. The van der Waals surface area contributed by atoms with E-state index < -0.39 is 0 Å². The highest BCUT2D eigenvalue weighted by molar-refractivity contribution is 6.18. The number of benzene rings is 3. The largest absolute Gasteiger partial charge is 0.508 e. The Labute approximate surface area is 197 Å². The summed E-state index contributed by atoms with van der Waals surface area (Å²) < 4.78 is 0. The fourth-order valence-corrected chi connectivity index (χ4v) is 4.94. The Bertz CT molecular complexity index is 1170. The Hall–Kier alpha value is -3.13. The number of phenols is 1. The first kappa shape index (κ1) is 23.0.